The third-order valence-electron chi connectivity index (χ3n) is 5.98. The number of hydrogen-bond acceptors (Lipinski definition) is 7. The van der Waals surface area contributed by atoms with Gasteiger partial charge in [0.15, 0.2) is 4.80 Å². The lowest BCUT2D eigenvalue weighted by atomic mass is 9.93. The molecule has 9 heteroatoms. The number of esters is 2. The normalized spacial score (nSPS) is 14.9. The predicted molar refractivity (Wildman–Crippen MR) is 145 cm³/mol. The quantitative estimate of drug-likeness (QED) is 0.272. The third-order valence-corrected chi connectivity index (χ3v) is 6.96. The van der Waals surface area contributed by atoms with Gasteiger partial charge in [-0.25, -0.2) is 14.2 Å². The van der Waals surface area contributed by atoms with Crippen molar-refractivity contribution in [1.82, 2.24) is 4.57 Å². The molecular formula is C30H23FN2O5S. The molecule has 3 aromatic carbocycles. The van der Waals surface area contributed by atoms with Crippen molar-refractivity contribution in [2.75, 3.05) is 6.61 Å². The second kappa shape index (κ2) is 11.0. The summed E-state index contributed by atoms with van der Waals surface area (Å²) in [5, 5.41) is 0. The van der Waals surface area contributed by atoms with Crippen LogP contribution >= 0.6 is 11.3 Å². The highest BCUT2D eigenvalue weighted by Crippen LogP contribution is 2.35. The molecule has 1 aliphatic heterocycles. The van der Waals surface area contributed by atoms with Gasteiger partial charge >= 0.3 is 11.9 Å². The molecule has 0 unspecified atom stereocenters. The summed E-state index contributed by atoms with van der Waals surface area (Å²) in [6.45, 7) is 3.14. The molecule has 1 aromatic heterocycles. The zero-order chi connectivity index (χ0) is 27.5. The Kier molecular flexibility index (Phi) is 7.33. The van der Waals surface area contributed by atoms with E-state index in [1.165, 1.54) is 23.6 Å². The fourth-order valence-corrected chi connectivity index (χ4v) is 5.39. The number of rotatable bonds is 6. The zero-order valence-electron chi connectivity index (χ0n) is 21.1. The van der Waals surface area contributed by atoms with E-state index in [4.69, 9.17) is 14.5 Å². The van der Waals surface area contributed by atoms with Gasteiger partial charge in [-0.15, -0.1) is 0 Å². The molecule has 0 spiro atoms. The SMILES string of the molecule is CCOC(=O)C1=C(c2ccccc2)N=c2s/c(=C\c3cccc(OC(C)=O)c3)c(=O)n2[C@H]1c1ccc(F)cc1. The molecule has 2 heterocycles. The molecule has 0 bridgehead atoms. The Morgan fingerprint density at radius 1 is 1.05 bits per heavy atom. The van der Waals surface area contributed by atoms with Crippen LogP contribution < -0.4 is 19.6 Å². The predicted octanol–water partition coefficient (Wildman–Crippen LogP) is 4.00. The van der Waals surface area contributed by atoms with Gasteiger partial charge in [0.25, 0.3) is 5.56 Å². The van der Waals surface area contributed by atoms with Gasteiger partial charge in [0.05, 0.1) is 28.5 Å². The van der Waals surface area contributed by atoms with Gasteiger partial charge in [-0.2, -0.15) is 0 Å². The molecule has 5 rings (SSSR count). The number of ether oxygens (including phenoxy) is 2. The topological polar surface area (TPSA) is 87.0 Å². The molecule has 7 nitrogen and oxygen atoms in total. The van der Waals surface area contributed by atoms with Gasteiger partial charge in [0.2, 0.25) is 0 Å². The Morgan fingerprint density at radius 3 is 2.49 bits per heavy atom. The summed E-state index contributed by atoms with van der Waals surface area (Å²) in [5.74, 6) is -1.16. The van der Waals surface area contributed by atoms with Crippen LogP contribution in [0, 0.1) is 5.82 Å². The average molecular weight is 543 g/mol. The van der Waals surface area contributed by atoms with Crippen molar-refractivity contribution in [3.63, 3.8) is 0 Å². The molecule has 39 heavy (non-hydrogen) atoms. The van der Waals surface area contributed by atoms with E-state index >= 15 is 0 Å². The van der Waals surface area contributed by atoms with Crippen molar-refractivity contribution in [1.29, 1.82) is 0 Å². The maximum Gasteiger partial charge on any atom is 0.338 e. The molecule has 4 aromatic rings. The van der Waals surface area contributed by atoms with E-state index in [1.807, 2.05) is 30.3 Å². The van der Waals surface area contributed by atoms with Gasteiger partial charge in [0.1, 0.15) is 11.6 Å². The molecule has 1 atom stereocenters. The van der Waals surface area contributed by atoms with Gasteiger partial charge < -0.3 is 9.47 Å². The number of benzene rings is 3. The van der Waals surface area contributed by atoms with Crippen LogP contribution in [-0.2, 0) is 14.3 Å². The number of halogens is 1. The van der Waals surface area contributed by atoms with E-state index in [2.05, 4.69) is 0 Å². The first-order valence-electron chi connectivity index (χ1n) is 12.2. The first kappa shape index (κ1) is 26.0. The smallest absolute Gasteiger partial charge is 0.338 e. The van der Waals surface area contributed by atoms with E-state index in [-0.39, 0.29) is 17.7 Å². The monoisotopic (exact) mass is 542 g/mol. The van der Waals surface area contributed by atoms with Crippen molar-refractivity contribution in [2.45, 2.75) is 19.9 Å². The van der Waals surface area contributed by atoms with Crippen LogP contribution in [-0.4, -0.2) is 23.1 Å². The highest BCUT2D eigenvalue weighted by Gasteiger charge is 2.35. The highest BCUT2D eigenvalue weighted by atomic mass is 32.1. The Bertz CT molecular complexity index is 1770. The molecular weight excluding hydrogens is 519 g/mol. The summed E-state index contributed by atoms with van der Waals surface area (Å²) in [6, 6.07) is 20.7. The first-order valence-corrected chi connectivity index (χ1v) is 13.0. The van der Waals surface area contributed by atoms with Crippen molar-refractivity contribution in [3.8, 4) is 5.75 Å². The van der Waals surface area contributed by atoms with Crippen LogP contribution in [0.1, 0.15) is 36.6 Å². The number of nitrogens with zero attached hydrogens (tertiary/aromatic N) is 2. The summed E-state index contributed by atoms with van der Waals surface area (Å²) in [7, 11) is 0. The summed E-state index contributed by atoms with van der Waals surface area (Å²) >= 11 is 1.16. The molecule has 0 saturated carbocycles. The minimum atomic E-state index is -0.898. The van der Waals surface area contributed by atoms with Crippen molar-refractivity contribution < 1.29 is 23.5 Å². The average Bonchev–Trinajstić information content (AvgIpc) is 3.23. The molecule has 0 amide bonds. The molecule has 0 N–H and O–H groups in total. The van der Waals surface area contributed by atoms with Crippen molar-refractivity contribution >= 4 is 35.0 Å². The van der Waals surface area contributed by atoms with Crippen LogP contribution in [0.15, 0.2) is 94.2 Å². The van der Waals surface area contributed by atoms with E-state index in [1.54, 1.807) is 49.4 Å². The second-order valence-corrected chi connectivity index (χ2v) is 9.66. The van der Waals surface area contributed by atoms with Crippen molar-refractivity contribution in [2.24, 2.45) is 4.99 Å². The van der Waals surface area contributed by atoms with Gasteiger partial charge in [0, 0.05) is 12.5 Å². The maximum atomic E-state index is 13.9. The van der Waals surface area contributed by atoms with E-state index in [9.17, 15) is 18.8 Å². The lowest BCUT2D eigenvalue weighted by Gasteiger charge is -2.25. The molecule has 0 aliphatic carbocycles. The minimum absolute atomic E-state index is 0.129. The molecule has 0 saturated heterocycles. The fraction of sp³-hybridized carbons (Fsp3) is 0.133. The fourth-order valence-electron chi connectivity index (χ4n) is 4.39. The Morgan fingerprint density at radius 2 is 1.79 bits per heavy atom. The minimum Gasteiger partial charge on any atom is -0.463 e. The maximum absolute atomic E-state index is 13.9. The van der Waals surface area contributed by atoms with Crippen LogP contribution in [0.3, 0.4) is 0 Å². The number of fused-ring (bicyclic) bond motifs is 1. The number of hydrogen-bond donors (Lipinski definition) is 0. The highest BCUT2D eigenvalue weighted by molar-refractivity contribution is 7.07. The van der Waals surface area contributed by atoms with Crippen LogP contribution in [0.25, 0.3) is 11.8 Å². The Balaban J connectivity index is 1.78. The standard InChI is InChI=1S/C30H23FN2O5S/c1-3-37-29(36)25-26(20-9-5-4-6-10-20)32-30-33(27(25)21-12-14-22(31)15-13-21)28(35)24(39-30)17-19-8-7-11-23(16-19)38-18(2)34/h4-17,27H,3H2,1-2H3/b24-17-/t27-/m0/s1. The largest absolute Gasteiger partial charge is 0.463 e. The van der Waals surface area contributed by atoms with E-state index in [0.717, 1.165) is 11.3 Å². The van der Waals surface area contributed by atoms with Crippen LogP contribution in [0.5, 0.6) is 5.75 Å². The lowest BCUT2D eigenvalue weighted by Crippen LogP contribution is -2.40. The van der Waals surface area contributed by atoms with Crippen molar-refractivity contribution in [3.05, 3.63) is 127 Å². The Hall–Kier alpha value is -4.63. The number of thiazole rings is 1. The van der Waals surface area contributed by atoms with Crippen LogP contribution in [0.4, 0.5) is 4.39 Å². The molecule has 1 aliphatic rings. The van der Waals surface area contributed by atoms with Crippen LogP contribution in [0.2, 0.25) is 0 Å². The van der Waals surface area contributed by atoms with Gasteiger partial charge in [-0.3, -0.25) is 14.2 Å². The zero-order valence-corrected chi connectivity index (χ0v) is 21.9. The molecule has 196 valence electrons. The lowest BCUT2D eigenvalue weighted by molar-refractivity contribution is -0.139. The van der Waals surface area contributed by atoms with E-state index in [0.29, 0.717) is 37.5 Å². The molecule has 0 radical (unpaired) electrons. The van der Waals surface area contributed by atoms with Gasteiger partial charge in [-0.1, -0.05) is 65.9 Å². The Labute approximate surface area is 226 Å². The summed E-state index contributed by atoms with van der Waals surface area (Å²) < 4.78 is 26.3. The van der Waals surface area contributed by atoms with E-state index < -0.39 is 23.8 Å². The number of carbonyl (C=O) groups excluding carboxylic acids is 2. The number of aromatic nitrogens is 1. The second-order valence-electron chi connectivity index (χ2n) is 8.65. The summed E-state index contributed by atoms with van der Waals surface area (Å²) in [5.41, 5.74) is 2.05. The summed E-state index contributed by atoms with van der Waals surface area (Å²) in [4.78, 5) is 43.8. The summed E-state index contributed by atoms with van der Waals surface area (Å²) in [6.07, 6.45) is 1.68. The first-order chi connectivity index (χ1) is 18.9. The molecule has 0 fully saturated rings. The van der Waals surface area contributed by atoms with Gasteiger partial charge in [-0.05, 0) is 48.4 Å². The number of carbonyl (C=O) groups is 2. The third kappa shape index (κ3) is 5.35.